The molecule has 0 N–H and O–H groups in total. The lowest BCUT2D eigenvalue weighted by molar-refractivity contribution is -0.274. The molecule has 0 aliphatic rings. The number of alkyl halides is 3. The molecule has 0 radical (unpaired) electrons. The van der Waals surface area contributed by atoms with Gasteiger partial charge in [-0.2, -0.15) is 0 Å². The third kappa shape index (κ3) is 3.87. The van der Waals surface area contributed by atoms with E-state index >= 15 is 0 Å². The average molecular weight is 299 g/mol. The van der Waals surface area contributed by atoms with Crippen LogP contribution in [0.25, 0.3) is 11.1 Å². The van der Waals surface area contributed by atoms with E-state index in [2.05, 4.69) is 4.74 Å². The van der Waals surface area contributed by atoms with Crippen molar-refractivity contribution in [3.05, 3.63) is 48.3 Å². The fraction of sp³-hybridized carbons (Fsp3) is 0.200. The van der Waals surface area contributed by atoms with E-state index in [4.69, 9.17) is 0 Å². The summed E-state index contributed by atoms with van der Waals surface area (Å²) < 4.78 is 54.9. The van der Waals surface area contributed by atoms with Crippen LogP contribution in [0.3, 0.4) is 0 Å². The van der Waals surface area contributed by atoms with Gasteiger partial charge in [0.15, 0.2) is 0 Å². The second kappa shape index (κ2) is 5.63. The second-order valence-corrected chi connectivity index (χ2v) is 4.64. The van der Waals surface area contributed by atoms with Gasteiger partial charge in [-0.3, -0.25) is 0 Å². The van der Waals surface area contributed by atoms with Gasteiger partial charge in [0, 0.05) is 25.3 Å². The standard InChI is InChI=1S/C15H13F4NO/c1-20(2)12-8-10(7-11(16)9-12)13-5-3-4-6-14(13)21-15(17,18)19/h3-9H,1-2H3. The molecule has 0 heterocycles. The van der Waals surface area contributed by atoms with Gasteiger partial charge in [-0.05, 0) is 29.8 Å². The van der Waals surface area contributed by atoms with Crippen LogP contribution in [0.1, 0.15) is 0 Å². The van der Waals surface area contributed by atoms with Gasteiger partial charge >= 0.3 is 6.36 Å². The summed E-state index contributed by atoms with van der Waals surface area (Å²) in [6.45, 7) is 0. The summed E-state index contributed by atoms with van der Waals surface area (Å²) in [5.74, 6) is -0.890. The van der Waals surface area contributed by atoms with E-state index in [0.29, 0.717) is 11.3 Å². The van der Waals surface area contributed by atoms with Crippen LogP contribution in [0.2, 0.25) is 0 Å². The van der Waals surface area contributed by atoms with E-state index in [1.807, 2.05) is 0 Å². The molecule has 0 aromatic heterocycles. The molecule has 2 rings (SSSR count). The first-order chi connectivity index (χ1) is 9.76. The Labute approximate surface area is 119 Å². The van der Waals surface area contributed by atoms with Crippen LogP contribution in [0.4, 0.5) is 23.2 Å². The largest absolute Gasteiger partial charge is 0.573 e. The van der Waals surface area contributed by atoms with Crippen molar-refractivity contribution in [2.24, 2.45) is 0 Å². The van der Waals surface area contributed by atoms with Crippen LogP contribution in [-0.2, 0) is 0 Å². The van der Waals surface area contributed by atoms with Crippen LogP contribution >= 0.6 is 0 Å². The van der Waals surface area contributed by atoms with Crippen LogP contribution in [0.15, 0.2) is 42.5 Å². The number of hydrogen-bond donors (Lipinski definition) is 0. The zero-order chi connectivity index (χ0) is 15.6. The molecule has 0 aliphatic carbocycles. The van der Waals surface area contributed by atoms with Crippen LogP contribution < -0.4 is 9.64 Å². The smallest absolute Gasteiger partial charge is 0.405 e. The number of anilines is 1. The van der Waals surface area contributed by atoms with Gasteiger partial charge in [-0.25, -0.2) is 4.39 Å². The Bertz CT molecular complexity index is 638. The molecule has 2 nitrogen and oxygen atoms in total. The van der Waals surface area contributed by atoms with E-state index in [9.17, 15) is 17.6 Å². The van der Waals surface area contributed by atoms with Gasteiger partial charge in [0.2, 0.25) is 0 Å². The molecule has 2 aromatic rings. The predicted molar refractivity (Wildman–Crippen MR) is 72.8 cm³/mol. The van der Waals surface area contributed by atoms with Crippen LogP contribution in [-0.4, -0.2) is 20.5 Å². The fourth-order valence-corrected chi connectivity index (χ4v) is 1.91. The lowest BCUT2D eigenvalue weighted by Gasteiger charge is -2.16. The topological polar surface area (TPSA) is 12.5 Å². The summed E-state index contributed by atoms with van der Waals surface area (Å²) in [4.78, 5) is 1.67. The van der Waals surface area contributed by atoms with Gasteiger partial charge in [-0.1, -0.05) is 18.2 Å². The summed E-state index contributed by atoms with van der Waals surface area (Å²) >= 11 is 0. The van der Waals surface area contributed by atoms with Gasteiger partial charge in [-0.15, -0.1) is 13.2 Å². The van der Waals surface area contributed by atoms with Crippen molar-refractivity contribution in [3.63, 3.8) is 0 Å². The molecule has 0 saturated carbocycles. The highest BCUT2D eigenvalue weighted by atomic mass is 19.4. The number of hydrogen-bond acceptors (Lipinski definition) is 2. The van der Waals surface area contributed by atoms with Gasteiger partial charge in [0.1, 0.15) is 11.6 Å². The first kappa shape index (κ1) is 15.2. The summed E-state index contributed by atoms with van der Waals surface area (Å²) in [5, 5.41) is 0. The highest BCUT2D eigenvalue weighted by molar-refractivity contribution is 5.73. The second-order valence-electron chi connectivity index (χ2n) is 4.64. The van der Waals surface area contributed by atoms with E-state index in [1.165, 1.54) is 30.3 Å². The van der Waals surface area contributed by atoms with Crippen molar-refractivity contribution < 1.29 is 22.3 Å². The lowest BCUT2D eigenvalue weighted by atomic mass is 10.0. The number of nitrogens with zero attached hydrogens (tertiary/aromatic N) is 1. The molecule has 0 spiro atoms. The molecule has 21 heavy (non-hydrogen) atoms. The summed E-state index contributed by atoms with van der Waals surface area (Å²) in [5.41, 5.74) is 1.04. The van der Waals surface area contributed by atoms with E-state index < -0.39 is 12.2 Å². The normalized spacial score (nSPS) is 11.3. The summed E-state index contributed by atoms with van der Waals surface area (Å²) in [6.07, 6.45) is -4.80. The molecular formula is C15H13F4NO. The van der Waals surface area contributed by atoms with Gasteiger partial charge in [0.25, 0.3) is 0 Å². The monoisotopic (exact) mass is 299 g/mol. The third-order valence-corrected chi connectivity index (χ3v) is 2.82. The summed E-state index contributed by atoms with van der Waals surface area (Å²) in [6, 6.07) is 9.72. The molecular weight excluding hydrogens is 286 g/mol. The minimum atomic E-state index is -4.80. The van der Waals surface area contributed by atoms with Crippen molar-refractivity contribution >= 4 is 5.69 Å². The molecule has 2 aromatic carbocycles. The molecule has 0 amide bonds. The zero-order valence-electron chi connectivity index (χ0n) is 11.4. The first-order valence-corrected chi connectivity index (χ1v) is 6.09. The Hall–Kier alpha value is -2.24. The highest BCUT2D eigenvalue weighted by Gasteiger charge is 2.32. The fourth-order valence-electron chi connectivity index (χ4n) is 1.91. The van der Waals surface area contributed by atoms with E-state index in [-0.39, 0.29) is 11.3 Å². The van der Waals surface area contributed by atoms with E-state index in [0.717, 1.165) is 0 Å². The maximum atomic E-state index is 13.7. The molecule has 6 heteroatoms. The maximum absolute atomic E-state index is 13.7. The summed E-state index contributed by atoms with van der Waals surface area (Å²) in [7, 11) is 3.44. The van der Waals surface area contributed by atoms with E-state index in [1.54, 1.807) is 31.1 Å². The lowest BCUT2D eigenvalue weighted by Crippen LogP contribution is -2.17. The van der Waals surface area contributed by atoms with Crippen LogP contribution in [0, 0.1) is 5.82 Å². The molecule has 0 fully saturated rings. The number of ether oxygens (including phenoxy) is 1. The molecule has 0 atom stereocenters. The number of benzene rings is 2. The minimum Gasteiger partial charge on any atom is -0.405 e. The van der Waals surface area contributed by atoms with Gasteiger partial charge < -0.3 is 9.64 Å². The van der Waals surface area contributed by atoms with Crippen molar-refractivity contribution in [2.45, 2.75) is 6.36 Å². The number of para-hydroxylation sites is 1. The Morgan fingerprint density at radius 1 is 1.00 bits per heavy atom. The quantitative estimate of drug-likeness (QED) is 0.776. The Morgan fingerprint density at radius 2 is 1.67 bits per heavy atom. The Morgan fingerprint density at radius 3 is 2.29 bits per heavy atom. The van der Waals surface area contributed by atoms with Crippen molar-refractivity contribution in [1.29, 1.82) is 0 Å². The van der Waals surface area contributed by atoms with Gasteiger partial charge in [0.05, 0.1) is 0 Å². The number of rotatable bonds is 3. The SMILES string of the molecule is CN(C)c1cc(F)cc(-c2ccccc2OC(F)(F)F)c1. The third-order valence-electron chi connectivity index (χ3n) is 2.82. The molecule has 0 saturated heterocycles. The maximum Gasteiger partial charge on any atom is 0.573 e. The molecule has 0 aliphatic heterocycles. The van der Waals surface area contributed by atoms with Crippen molar-refractivity contribution in [3.8, 4) is 16.9 Å². The first-order valence-electron chi connectivity index (χ1n) is 6.09. The Kier molecular flexibility index (Phi) is 4.06. The predicted octanol–water partition coefficient (Wildman–Crippen LogP) is 4.46. The molecule has 112 valence electrons. The molecule has 0 bridgehead atoms. The van der Waals surface area contributed by atoms with Crippen molar-refractivity contribution in [1.82, 2.24) is 0 Å². The van der Waals surface area contributed by atoms with Crippen LogP contribution in [0.5, 0.6) is 5.75 Å². The molecule has 0 unspecified atom stereocenters. The average Bonchev–Trinajstić information content (AvgIpc) is 2.36. The zero-order valence-corrected chi connectivity index (χ0v) is 11.4. The number of halogens is 4. The minimum absolute atomic E-state index is 0.178. The highest BCUT2D eigenvalue weighted by Crippen LogP contribution is 2.35. The van der Waals surface area contributed by atoms with Crippen molar-refractivity contribution in [2.75, 3.05) is 19.0 Å². The Balaban J connectivity index is 2.52.